The summed E-state index contributed by atoms with van der Waals surface area (Å²) in [6.07, 6.45) is 5.35. The fraction of sp³-hybridized carbons (Fsp3) is 0.353. The van der Waals surface area contributed by atoms with Gasteiger partial charge in [-0.05, 0) is 41.8 Å². The van der Waals surface area contributed by atoms with Gasteiger partial charge in [0, 0.05) is 24.9 Å². The topological polar surface area (TPSA) is 34.2 Å². The van der Waals surface area contributed by atoms with E-state index in [1.54, 1.807) is 12.4 Å². The van der Waals surface area contributed by atoms with Crippen LogP contribution in [0.1, 0.15) is 29.7 Å². The maximum Gasteiger partial charge on any atom is 0.122 e. The molecular weight excluding hydrogens is 284 g/mol. The smallest absolute Gasteiger partial charge is 0.122 e. The van der Waals surface area contributed by atoms with E-state index in [9.17, 15) is 0 Å². The Kier molecular flexibility index (Phi) is 4.42. The summed E-state index contributed by atoms with van der Waals surface area (Å²) >= 11 is 6.24. The van der Waals surface area contributed by atoms with Crippen molar-refractivity contribution in [3.05, 3.63) is 58.4 Å². The zero-order valence-corrected chi connectivity index (χ0v) is 12.9. The van der Waals surface area contributed by atoms with E-state index in [-0.39, 0.29) is 6.04 Å². The van der Waals surface area contributed by atoms with Crippen molar-refractivity contribution < 1.29 is 4.74 Å². The summed E-state index contributed by atoms with van der Waals surface area (Å²) in [7, 11) is 0. The van der Waals surface area contributed by atoms with E-state index in [4.69, 9.17) is 16.3 Å². The van der Waals surface area contributed by atoms with Crippen molar-refractivity contribution in [3.8, 4) is 5.75 Å². The van der Waals surface area contributed by atoms with Crippen LogP contribution in [0.2, 0.25) is 5.02 Å². The quantitative estimate of drug-likeness (QED) is 0.917. The van der Waals surface area contributed by atoms with Crippen molar-refractivity contribution >= 4 is 11.6 Å². The fourth-order valence-electron chi connectivity index (χ4n) is 2.77. The molecule has 1 N–H and O–H groups in total. The molecule has 1 aromatic heterocycles. The first-order chi connectivity index (χ1) is 10.3. The van der Waals surface area contributed by atoms with Gasteiger partial charge >= 0.3 is 0 Å². The highest BCUT2D eigenvalue weighted by atomic mass is 35.5. The normalized spacial score (nSPS) is 14.6. The van der Waals surface area contributed by atoms with Gasteiger partial charge in [-0.3, -0.25) is 4.98 Å². The number of aromatic nitrogens is 1. The minimum absolute atomic E-state index is 0.251. The molecule has 0 aliphatic carbocycles. The number of nitrogens with zero attached hydrogens (tertiary/aromatic N) is 1. The van der Waals surface area contributed by atoms with Gasteiger partial charge in [0.15, 0.2) is 0 Å². The highest BCUT2D eigenvalue weighted by molar-refractivity contribution is 6.31. The maximum atomic E-state index is 6.24. The number of fused-ring (bicyclic) bond motifs is 1. The monoisotopic (exact) mass is 302 g/mol. The molecule has 3 rings (SSSR count). The van der Waals surface area contributed by atoms with E-state index in [2.05, 4.69) is 35.4 Å². The molecular formula is C17H19ClN2O. The van der Waals surface area contributed by atoms with Crippen molar-refractivity contribution in [2.45, 2.75) is 25.8 Å². The van der Waals surface area contributed by atoms with Crippen molar-refractivity contribution in [3.63, 3.8) is 0 Å². The van der Waals surface area contributed by atoms with Crippen LogP contribution in [0.4, 0.5) is 0 Å². The van der Waals surface area contributed by atoms with Crippen LogP contribution < -0.4 is 10.1 Å². The lowest BCUT2D eigenvalue weighted by atomic mass is 9.97. The van der Waals surface area contributed by atoms with Crippen LogP contribution in [-0.4, -0.2) is 18.1 Å². The zero-order chi connectivity index (χ0) is 14.7. The predicted molar refractivity (Wildman–Crippen MR) is 85.0 cm³/mol. The Morgan fingerprint density at radius 3 is 3.10 bits per heavy atom. The Morgan fingerprint density at radius 2 is 2.29 bits per heavy atom. The first-order valence-corrected chi connectivity index (χ1v) is 7.73. The number of nitrogens with one attached hydrogen (secondary N) is 1. The molecule has 110 valence electrons. The molecule has 0 fully saturated rings. The van der Waals surface area contributed by atoms with E-state index >= 15 is 0 Å². The lowest BCUT2D eigenvalue weighted by Crippen LogP contribution is -2.23. The summed E-state index contributed by atoms with van der Waals surface area (Å²) in [6, 6.07) is 8.72. The van der Waals surface area contributed by atoms with Gasteiger partial charge in [0.05, 0.1) is 11.6 Å². The van der Waals surface area contributed by atoms with Crippen molar-refractivity contribution in [1.29, 1.82) is 0 Å². The number of likely N-dealkylation sites (N-methyl/N-ethyl adjacent to an activating group) is 1. The van der Waals surface area contributed by atoms with Crippen molar-refractivity contribution in [1.82, 2.24) is 10.3 Å². The average molecular weight is 303 g/mol. The van der Waals surface area contributed by atoms with Crippen LogP contribution in [0.25, 0.3) is 0 Å². The number of pyridine rings is 1. The van der Waals surface area contributed by atoms with E-state index in [0.29, 0.717) is 0 Å². The van der Waals surface area contributed by atoms with Gasteiger partial charge in [-0.15, -0.1) is 0 Å². The van der Waals surface area contributed by atoms with Crippen LogP contribution >= 0.6 is 11.6 Å². The van der Waals surface area contributed by atoms with Gasteiger partial charge < -0.3 is 10.1 Å². The highest BCUT2D eigenvalue weighted by Crippen LogP contribution is 2.30. The minimum Gasteiger partial charge on any atom is -0.493 e. The Labute approximate surface area is 130 Å². The molecule has 3 nitrogen and oxygen atoms in total. The zero-order valence-electron chi connectivity index (χ0n) is 12.1. The van der Waals surface area contributed by atoms with Crippen LogP contribution in [0.5, 0.6) is 5.75 Å². The average Bonchev–Trinajstić information content (AvgIpc) is 2.96. The van der Waals surface area contributed by atoms with Gasteiger partial charge in [-0.25, -0.2) is 0 Å². The first-order valence-electron chi connectivity index (χ1n) is 7.35. The van der Waals surface area contributed by atoms with Crippen LogP contribution in [0.15, 0.2) is 36.7 Å². The lowest BCUT2D eigenvalue weighted by Gasteiger charge is -2.19. The van der Waals surface area contributed by atoms with E-state index in [1.807, 2.05) is 6.07 Å². The van der Waals surface area contributed by atoms with Gasteiger partial charge in [-0.2, -0.15) is 0 Å². The number of hydrogen-bond acceptors (Lipinski definition) is 3. The van der Waals surface area contributed by atoms with Crippen LogP contribution in [-0.2, 0) is 12.8 Å². The van der Waals surface area contributed by atoms with E-state index in [0.717, 1.165) is 42.3 Å². The molecule has 2 heterocycles. The molecule has 2 aromatic rings. The summed E-state index contributed by atoms with van der Waals surface area (Å²) in [5.41, 5.74) is 3.71. The maximum absolute atomic E-state index is 6.24. The Balaban J connectivity index is 1.86. The SMILES string of the molecule is CCNC(Cc1ccncc1Cl)c1ccc2c(c1)CCO2. The first kappa shape index (κ1) is 14.4. The van der Waals surface area contributed by atoms with Gasteiger partial charge in [0.2, 0.25) is 0 Å². The highest BCUT2D eigenvalue weighted by Gasteiger charge is 2.17. The molecule has 1 unspecified atom stereocenters. The third kappa shape index (κ3) is 3.20. The molecule has 1 atom stereocenters. The second-order valence-electron chi connectivity index (χ2n) is 5.25. The Bertz CT molecular complexity index is 630. The summed E-state index contributed by atoms with van der Waals surface area (Å²) in [5.74, 6) is 1.02. The number of ether oxygens (including phenoxy) is 1. The molecule has 0 saturated heterocycles. The number of benzene rings is 1. The fourth-order valence-corrected chi connectivity index (χ4v) is 2.96. The molecule has 0 saturated carbocycles. The summed E-state index contributed by atoms with van der Waals surface area (Å²) in [5, 5.41) is 4.27. The summed E-state index contributed by atoms with van der Waals surface area (Å²) in [4.78, 5) is 4.05. The largest absolute Gasteiger partial charge is 0.493 e. The summed E-state index contributed by atoms with van der Waals surface area (Å²) < 4.78 is 5.58. The van der Waals surface area contributed by atoms with Gasteiger partial charge in [0.1, 0.15) is 5.75 Å². The molecule has 0 radical (unpaired) electrons. The third-order valence-corrected chi connectivity index (χ3v) is 4.19. The molecule has 21 heavy (non-hydrogen) atoms. The number of rotatable bonds is 5. The molecule has 1 aliphatic heterocycles. The summed E-state index contributed by atoms with van der Waals surface area (Å²) in [6.45, 7) is 3.83. The molecule has 1 aromatic carbocycles. The van der Waals surface area contributed by atoms with Crippen molar-refractivity contribution in [2.75, 3.05) is 13.2 Å². The predicted octanol–water partition coefficient (Wildman–Crippen LogP) is 3.56. The van der Waals surface area contributed by atoms with Gasteiger partial charge in [-0.1, -0.05) is 30.7 Å². The molecule has 0 spiro atoms. The second-order valence-corrected chi connectivity index (χ2v) is 5.65. The second kappa shape index (κ2) is 6.46. The van der Waals surface area contributed by atoms with Crippen LogP contribution in [0.3, 0.4) is 0 Å². The van der Waals surface area contributed by atoms with E-state index in [1.165, 1.54) is 11.1 Å². The van der Waals surface area contributed by atoms with Crippen molar-refractivity contribution in [2.24, 2.45) is 0 Å². The van der Waals surface area contributed by atoms with Crippen LogP contribution in [0, 0.1) is 0 Å². The van der Waals surface area contributed by atoms with Gasteiger partial charge in [0.25, 0.3) is 0 Å². The molecule has 4 heteroatoms. The molecule has 0 bridgehead atoms. The third-order valence-electron chi connectivity index (χ3n) is 3.85. The molecule has 0 amide bonds. The number of halogens is 1. The standard InChI is InChI=1S/C17H19ClN2O/c1-2-20-16(10-12-5-7-19-11-15(12)18)13-3-4-17-14(9-13)6-8-21-17/h3-5,7,9,11,16,20H,2,6,8,10H2,1H3. The Hall–Kier alpha value is -1.58. The van der Waals surface area contributed by atoms with E-state index < -0.39 is 0 Å². The Morgan fingerprint density at radius 1 is 1.38 bits per heavy atom. The molecule has 1 aliphatic rings. The minimum atomic E-state index is 0.251. The number of hydrogen-bond donors (Lipinski definition) is 1. The lowest BCUT2D eigenvalue weighted by molar-refractivity contribution is 0.356.